The van der Waals surface area contributed by atoms with Crippen molar-refractivity contribution < 1.29 is 14.1 Å². The number of ether oxygens (including phenoxy) is 1. The Morgan fingerprint density at radius 1 is 1.40 bits per heavy atom. The van der Waals surface area contributed by atoms with E-state index in [-0.39, 0.29) is 12.1 Å². The summed E-state index contributed by atoms with van der Waals surface area (Å²) in [7, 11) is 1.55. The van der Waals surface area contributed by atoms with Gasteiger partial charge in [-0.15, -0.1) is 0 Å². The lowest BCUT2D eigenvalue weighted by molar-refractivity contribution is 0.193. The van der Waals surface area contributed by atoms with E-state index in [1.165, 1.54) is 0 Å². The molecule has 7 nitrogen and oxygen atoms in total. The fourth-order valence-corrected chi connectivity index (χ4v) is 3.29. The summed E-state index contributed by atoms with van der Waals surface area (Å²) >= 11 is 6.03. The van der Waals surface area contributed by atoms with E-state index in [1.807, 2.05) is 0 Å². The van der Waals surface area contributed by atoms with Gasteiger partial charge in [-0.3, -0.25) is 0 Å². The number of carbonyl (C=O) groups excluding carboxylic acids is 1. The third-order valence-corrected chi connectivity index (χ3v) is 4.84. The van der Waals surface area contributed by atoms with Crippen molar-refractivity contribution in [2.75, 3.05) is 19.0 Å². The molecule has 1 aromatic carbocycles. The molecule has 2 fully saturated rings. The number of anilines is 1. The molecule has 8 heteroatoms. The zero-order valence-corrected chi connectivity index (χ0v) is 14.6. The van der Waals surface area contributed by atoms with Gasteiger partial charge >= 0.3 is 6.03 Å². The van der Waals surface area contributed by atoms with Crippen LogP contribution in [0.5, 0.6) is 5.75 Å². The summed E-state index contributed by atoms with van der Waals surface area (Å²) in [6, 6.07) is 4.69. The monoisotopic (exact) mass is 362 g/mol. The predicted molar refractivity (Wildman–Crippen MR) is 92.0 cm³/mol. The lowest BCUT2D eigenvalue weighted by Crippen LogP contribution is -2.34. The van der Waals surface area contributed by atoms with Gasteiger partial charge in [0.1, 0.15) is 11.8 Å². The van der Waals surface area contributed by atoms with Crippen LogP contribution < -0.4 is 10.1 Å². The van der Waals surface area contributed by atoms with Crippen molar-refractivity contribution in [2.45, 2.75) is 37.6 Å². The first-order chi connectivity index (χ1) is 12.2. The SMILES string of the molecule is COc1ccc(Cl)cc1NC(=O)N1CCCC1c1nc(C2CC2)no1. The number of amides is 2. The van der Waals surface area contributed by atoms with E-state index >= 15 is 0 Å². The molecular formula is C17H19ClN4O3. The van der Waals surface area contributed by atoms with Gasteiger partial charge in [-0.2, -0.15) is 4.98 Å². The Morgan fingerprint density at radius 2 is 2.24 bits per heavy atom. The van der Waals surface area contributed by atoms with E-state index < -0.39 is 0 Å². The van der Waals surface area contributed by atoms with Gasteiger partial charge in [-0.25, -0.2) is 4.79 Å². The molecule has 1 N–H and O–H groups in total. The Hall–Kier alpha value is -2.28. The highest BCUT2D eigenvalue weighted by molar-refractivity contribution is 6.31. The van der Waals surface area contributed by atoms with Gasteiger partial charge in [-0.05, 0) is 43.9 Å². The Bertz CT molecular complexity index is 790. The molecule has 1 atom stereocenters. The van der Waals surface area contributed by atoms with Crippen LogP contribution in [0.3, 0.4) is 0 Å². The van der Waals surface area contributed by atoms with E-state index in [2.05, 4.69) is 15.5 Å². The molecule has 0 spiro atoms. The minimum Gasteiger partial charge on any atom is -0.495 e. The number of methoxy groups -OCH3 is 1. The van der Waals surface area contributed by atoms with Crippen LogP contribution in [0.2, 0.25) is 5.02 Å². The summed E-state index contributed by atoms with van der Waals surface area (Å²) < 4.78 is 10.7. The number of carbonyl (C=O) groups is 1. The Labute approximate surface area is 150 Å². The summed E-state index contributed by atoms with van der Waals surface area (Å²) in [4.78, 5) is 19.0. The van der Waals surface area contributed by atoms with Gasteiger partial charge < -0.3 is 19.5 Å². The first-order valence-corrected chi connectivity index (χ1v) is 8.78. The highest BCUT2D eigenvalue weighted by atomic mass is 35.5. The van der Waals surface area contributed by atoms with E-state index in [0.717, 1.165) is 31.5 Å². The molecule has 0 radical (unpaired) electrons. The molecule has 2 amide bonds. The van der Waals surface area contributed by atoms with E-state index in [4.69, 9.17) is 20.9 Å². The molecule has 25 heavy (non-hydrogen) atoms. The van der Waals surface area contributed by atoms with E-state index in [0.29, 0.717) is 34.8 Å². The van der Waals surface area contributed by atoms with E-state index in [1.54, 1.807) is 30.2 Å². The maximum absolute atomic E-state index is 12.8. The summed E-state index contributed by atoms with van der Waals surface area (Å²) in [5, 5.41) is 7.46. The van der Waals surface area contributed by atoms with E-state index in [9.17, 15) is 4.79 Å². The van der Waals surface area contributed by atoms with Crippen LogP contribution in [0, 0.1) is 0 Å². The van der Waals surface area contributed by atoms with Crippen LogP contribution >= 0.6 is 11.6 Å². The van der Waals surface area contributed by atoms with Gasteiger partial charge in [0.05, 0.1) is 12.8 Å². The fourth-order valence-electron chi connectivity index (χ4n) is 3.12. The molecule has 1 saturated carbocycles. The third-order valence-electron chi connectivity index (χ3n) is 4.60. The average molecular weight is 363 g/mol. The Kier molecular flexibility index (Phi) is 4.25. The van der Waals surface area contributed by atoms with Gasteiger partial charge in [-0.1, -0.05) is 16.8 Å². The predicted octanol–water partition coefficient (Wildman–Crippen LogP) is 3.98. The standard InChI is InChI=1S/C17H19ClN4O3/c1-24-14-7-6-11(18)9-12(14)19-17(23)22-8-2-3-13(22)16-20-15(21-25-16)10-4-5-10/h6-7,9-10,13H,2-5,8H2,1H3,(H,19,23). The maximum atomic E-state index is 12.8. The van der Waals surface area contributed by atoms with Crippen LogP contribution in [-0.2, 0) is 0 Å². The van der Waals surface area contributed by atoms with Crippen molar-refractivity contribution in [1.82, 2.24) is 15.0 Å². The molecule has 2 aromatic rings. The van der Waals surface area contributed by atoms with Crippen molar-refractivity contribution in [3.63, 3.8) is 0 Å². The van der Waals surface area contributed by atoms with Crippen LogP contribution in [0.1, 0.15) is 49.4 Å². The van der Waals surface area contributed by atoms with Gasteiger partial charge in [0.25, 0.3) is 0 Å². The minimum atomic E-state index is -0.228. The summed E-state index contributed by atoms with van der Waals surface area (Å²) in [5.74, 6) is 2.27. The molecule has 2 heterocycles. The average Bonchev–Trinajstić information content (AvgIpc) is 3.13. The zero-order valence-electron chi connectivity index (χ0n) is 13.9. The third kappa shape index (κ3) is 3.28. The number of nitrogens with zero attached hydrogens (tertiary/aromatic N) is 3. The number of urea groups is 1. The molecule has 4 rings (SSSR count). The second kappa shape index (κ2) is 6.55. The molecular weight excluding hydrogens is 344 g/mol. The highest BCUT2D eigenvalue weighted by Gasteiger charge is 2.36. The molecule has 2 aliphatic rings. The van der Waals surface area contributed by atoms with Crippen molar-refractivity contribution in [3.05, 3.63) is 34.9 Å². The van der Waals surface area contributed by atoms with Gasteiger partial charge in [0.2, 0.25) is 5.89 Å². The summed E-state index contributed by atoms with van der Waals surface area (Å²) in [5.41, 5.74) is 0.537. The molecule has 1 aliphatic heterocycles. The Morgan fingerprint density at radius 3 is 3.00 bits per heavy atom. The molecule has 1 aliphatic carbocycles. The number of aromatic nitrogens is 2. The van der Waals surface area contributed by atoms with Gasteiger partial charge in [0.15, 0.2) is 5.82 Å². The zero-order chi connectivity index (χ0) is 17.4. The number of benzene rings is 1. The lowest BCUT2D eigenvalue weighted by Gasteiger charge is -2.23. The summed E-state index contributed by atoms with van der Waals surface area (Å²) in [6.07, 6.45) is 3.93. The number of nitrogens with one attached hydrogen (secondary N) is 1. The van der Waals surface area contributed by atoms with Crippen molar-refractivity contribution in [3.8, 4) is 5.75 Å². The van der Waals surface area contributed by atoms with Crippen molar-refractivity contribution in [1.29, 1.82) is 0 Å². The number of halogens is 1. The normalized spacial score (nSPS) is 19.9. The number of rotatable bonds is 4. The fraction of sp³-hybridized carbons (Fsp3) is 0.471. The summed E-state index contributed by atoms with van der Waals surface area (Å²) in [6.45, 7) is 0.639. The number of hydrogen-bond acceptors (Lipinski definition) is 5. The molecule has 0 bridgehead atoms. The quantitative estimate of drug-likeness (QED) is 0.889. The van der Waals surface area contributed by atoms with Crippen LogP contribution in [-0.4, -0.2) is 34.7 Å². The molecule has 1 saturated heterocycles. The first kappa shape index (κ1) is 16.2. The number of likely N-dealkylation sites (tertiary alicyclic amines) is 1. The number of hydrogen-bond donors (Lipinski definition) is 1. The second-order valence-corrected chi connectivity index (χ2v) is 6.83. The maximum Gasteiger partial charge on any atom is 0.322 e. The van der Waals surface area contributed by atoms with Crippen LogP contribution in [0.25, 0.3) is 0 Å². The lowest BCUT2D eigenvalue weighted by atomic mass is 10.2. The Balaban J connectivity index is 1.51. The molecule has 1 aromatic heterocycles. The first-order valence-electron chi connectivity index (χ1n) is 8.40. The van der Waals surface area contributed by atoms with Crippen molar-refractivity contribution >= 4 is 23.3 Å². The minimum absolute atomic E-state index is 0.190. The highest BCUT2D eigenvalue weighted by Crippen LogP contribution is 2.40. The van der Waals surface area contributed by atoms with Crippen LogP contribution in [0.15, 0.2) is 22.7 Å². The molecule has 1 unspecified atom stereocenters. The van der Waals surface area contributed by atoms with Crippen LogP contribution in [0.4, 0.5) is 10.5 Å². The smallest absolute Gasteiger partial charge is 0.322 e. The molecule has 132 valence electrons. The second-order valence-electron chi connectivity index (χ2n) is 6.39. The largest absolute Gasteiger partial charge is 0.495 e. The van der Waals surface area contributed by atoms with Gasteiger partial charge in [0, 0.05) is 17.5 Å². The van der Waals surface area contributed by atoms with Crippen molar-refractivity contribution in [2.24, 2.45) is 0 Å². The topological polar surface area (TPSA) is 80.5 Å².